The lowest BCUT2D eigenvalue weighted by molar-refractivity contribution is -0.165. The molecule has 2 fully saturated rings. The predicted octanol–water partition coefficient (Wildman–Crippen LogP) is 0.475. The fraction of sp³-hybridized carbons (Fsp3) is 0.545. The molecule has 9 heteroatoms. The molecule has 0 bridgehead atoms. The number of hydrogen-bond donors (Lipinski definition) is 4. The molecule has 31 heavy (non-hydrogen) atoms. The smallest absolute Gasteiger partial charge is 0.304 e. The first-order valence-electron chi connectivity index (χ1n) is 10.7. The van der Waals surface area contributed by atoms with Gasteiger partial charge in [0.05, 0.1) is 0 Å². The maximum atomic E-state index is 13.2. The van der Waals surface area contributed by atoms with Crippen molar-refractivity contribution in [1.29, 1.82) is 0 Å². The predicted molar refractivity (Wildman–Crippen MR) is 112 cm³/mol. The van der Waals surface area contributed by atoms with Gasteiger partial charge in [-0.15, -0.1) is 0 Å². The molecule has 3 amide bonds. The third-order valence-electron chi connectivity index (χ3n) is 5.89. The zero-order chi connectivity index (χ0) is 22.4. The Kier molecular flexibility index (Phi) is 7.27. The molecule has 5 N–H and O–H groups in total. The molecule has 0 aromatic heterocycles. The maximum Gasteiger partial charge on any atom is 0.304 e. The van der Waals surface area contributed by atoms with Gasteiger partial charge in [0.25, 0.3) is 11.8 Å². The minimum atomic E-state index is -1.84. The van der Waals surface area contributed by atoms with Crippen molar-refractivity contribution in [3.63, 3.8) is 0 Å². The number of esters is 1. The van der Waals surface area contributed by atoms with Crippen molar-refractivity contribution < 1.29 is 23.9 Å². The Balaban J connectivity index is 1.72. The van der Waals surface area contributed by atoms with Gasteiger partial charge in [-0.1, -0.05) is 62.4 Å². The first-order valence-corrected chi connectivity index (χ1v) is 10.7. The van der Waals surface area contributed by atoms with Crippen LogP contribution in [-0.4, -0.2) is 41.5 Å². The molecule has 2 unspecified atom stereocenters. The molecule has 0 radical (unpaired) electrons. The zero-order valence-corrected chi connectivity index (χ0v) is 17.7. The summed E-state index contributed by atoms with van der Waals surface area (Å²) in [5.41, 5.74) is 5.48. The highest BCUT2D eigenvalue weighted by Crippen LogP contribution is 2.30. The number of β-lactam (4-membered cyclic amide) rings is 1. The molecule has 0 spiro atoms. The summed E-state index contributed by atoms with van der Waals surface area (Å²) in [7, 11) is 0. The van der Waals surface area contributed by atoms with Gasteiger partial charge in [0.1, 0.15) is 0 Å². The van der Waals surface area contributed by atoms with Crippen LogP contribution >= 0.6 is 0 Å². The Morgan fingerprint density at radius 1 is 1.13 bits per heavy atom. The van der Waals surface area contributed by atoms with Crippen LogP contribution in [0.1, 0.15) is 51.0 Å². The molecule has 1 aliphatic carbocycles. The van der Waals surface area contributed by atoms with Crippen molar-refractivity contribution in [3.8, 4) is 0 Å². The molecule has 1 aliphatic heterocycles. The van der Waals surface area contributed by atoms with Crippen molar-refractivity contribution in [2.75, 3.05) is 0 Å². The van der Waals surface area contributed by atoms with Crippen LogP contribution in [0.2, 0.25) is 0 Å². The Bertz CT molecular complexity index is 824. The number of hydrogen-bond acceptors (Lipinski definition) is 6. The quantitative estimate of drug-likeness (QED) is 0.269. The second-order valence-electron chi connectivity index (χ2n) is 8.34. The van der Waals surface area contributed by atoms with Gasteiger partial charge in [0.15, 0.2) is 11.6 Å². The van der Waals surface area contributed by atoms with E-state index in [9.17, 15) is 19.2 Å². The van der Waals surface area contributed by atoms with Gasteiger partial charge in [0.2, 0.25) is 12.1 Å². The summed E-state index contributed by atoms with van der Waals surface area (Å²) in [6, 6.07) is 8.24. The Labute approximate surface area is 181 Å². The number of nitrogens with one attached hydrogen (secondary N) is 3. The molecule has 9 nitrogen and oxygen atoms in total. The van der Waals surface area contributed by atoms with Crippen molar-refractivity contribution in [1.82, 2.24) is 16.0 Å². The van der Waals surface area contributed by atoms with Crippen molar-refractivity contribution in [2.24, 2.45) is 11.7 Å². The number of carbonyl (C=O) groups excluding carboxylic acids is 4. The van der Waals surface area contributed by atoms with Gasteiger partial charge < -0.3 is 26.4 Å². The van der Waals surface area contributed by atoms with E-state index in [1.165, 1.54) is 6.92 Å². The molecule has 1 saturated carbocycles. The molecule has 1 heterocycles. The normalized spacial score (nSPS) is 23.0. The van der Waals surface area contributed by atoms with Crippen LogP contribution in [0.4, 0.5) is 0 Å². The summed E-state index contributed by atoms with van der Waals surface area (Å²) in [5, 5.41) is 7.68. The van der Waals surface area contributed by atoms with E-state index in [2.05, 4.69) is 16.0 Å². The van der Waals surface area contributed by atoms with E-state index in [1.54, 1.807) is 0 Å². The van der Waals surface area contributed by atoms with Crippen LogP contribution in [0, 0.1) is 5.92 Å². The molecule has 3 rings (SSSR count). The largest absolute Gasteiger partial charge is 0.439 e. The number of carbonyl (C=O) groups is 4. The van der Waals surface area contributed by atoms with Gasteiger partial charge >= 0.3 is 5.97 Å². The van der Waals surface area contributed by atoms with E-state index < -0.39 is 41.5 Å². The Morgan fingerprint density at radius 2 is 1.81 bits per heavy atom. The van der Waals surface area contributed by atoms with Crippen LogP contribution in [0.3, 0.4) is 0 Å². The summed E-state index contributed by atoms with van der Waals surface area (Å²) in [6.07, 6.45) is 4.22. The molecule has 1 aromatic rings. The van der Waals surface area contributed by atoms with Gasteiger partial charge in [-0.2, -0.15) is 0 Å². The molecule has 3 atom stereocenters. The minimum absolute atomic E-state index is 0.145. The average molecular weight is 431 g/mol. The maximum absolute atomic E-state index is 13.2. The number of benzene rings is 1. The fourth-order valence-electron chi connectivity index (χ4n) is 4.11. The molecule has 2 aliphatic rings. The fourth-order valence-corrected chi connectivity index (χ4v) is 4.11. The van der Waals surface area contributed by atoms with Crippen LogP contribution < -0.4 is 21.7 Å². The topological polar surface area (TPSA) is 140 Å². The van der Waals surface area contributed by atoms with Crippen LogP contribution in [0.15, 0.2) is 30.3 Å². The van der Waals surface area contributed by atoms with E-state index in [0.717, 1.165) is 37.7 Å². The summed E-state index contributed by atoms with van der Waals surface area (Å²) in [6.45, 7) is 1.44. The van der Waals surface area contributed by atoms with E-state index in [1.807, 2.05) is 30.3 Å². The molecular formula is C22H30N4O5. The third kappa shape index (κ3) is 5.61. The second kappa shape index (κ2) is 9.91. The number of nitrogens with two attached hydrogens (primary N) is 1. The standard InChI is InChI=1S/C22H30N4O5/c1-14(27)31-19-17(18(28)26-19)25-21(30)22(23,12-15-8-4-2-5-9-15)20(29)24-13-16-10-6-3-7-11-16/h3,6-7,10-11,15,17,19H,2,4-5,8-9,12-13,23H2,1H3,(H,24,29)(H,25,30)(H,26,28)/t17?,19?,22-/m0/s1. The molecular weight excluding hydrogens is 400 g/mol. The lowest BCUT2D eigenvalue weighted by Crippen LogP contribution is -2.74. The van der Waals surface area contributed by atoms with Crippen molar-refractivity contribution >= 4 is 23.7 Å². The van der Waals surface area contributed by atoms with E-state index in [-0.39, 0.29) is 18.9 Å². The van der Waals surface area contributed by atoms with E-state index in [0.29, 0.717) is 0 Å². The Hall–Kier alpha value is -2.94. The Morgan fingerprint density at radius 3 is 2.42 bits per heavy atom. The summed E-state index contributed by atoms with van der Waals surface area (Å²) in [5.74, 6) is -2.29. The van der Waals surface area contributed by atoms with Gasteiger partial charge in [-0.3, -0.25) is 19.2 Å². The van der Waals surface area contributed by atoms with Gasteiger partial charge in [0, 0.05) is 13.5 Å². The lowest BCUT2D eigenvalue weighted by atomic mass is 9.78. The van der Waals surface area contributed by atoms with Crippen LogP contribution in [0.5, 0.6) is 0 Å². The highest BCUT2D eigenvalue weighted by molar-refractivity contribution is 6.10. The highest BCUT2D eigenvalue weighted by atomic mass is 16.6. The number of rotatable bonds is 8. The van der Waals surface area contributed by atoms with Crippen molar-refractivity contribution in [3.05, 3.63) is 35.9 Å². The SMILES string of the molecule is CC(=O)OC1NC(=O)C1NC(=O)[C@](N)(CC1CCCCC1)C(=O)NCc1ccccc1. The van der Waals surface area contributed by atoms with Gasteiger partial charge in [-0.05, 0) is 17.9 Å². The average Bonchev–Trinajstić information content (AvgIpc) is 2.76. The van der Waals surface area contributed by atoms with Crippen molar-refractivity contribution in [2.45, 2.75) is 69.8 Å². The second-order valence-corrected chi connectivity index (χ2v) is 8.34. The lowest BCUT2D eigenvalue weighted by Gasteiger charge is -2.38. The van der Waals surface area contributed by atoms with Crippen LogP contribution in [-0.2, 0) is 30.5 Å². The van der Waals surface area contributed by atoms with Crippen LogP contribution in [0.25, 0.3) is 0 Å². The zero-order valence-electron chi connectivity index (χ0n) is 17.7. The first kappa shape index (κ1) is 22.7. The van der Waals surface area contributed by atoms with E-state index >= 15 is 0 Å². The number of amides is 3. The van der Waals surface area contributed by atoms with E-state index in [4.69, 9.17) is 10.5 Å². The molecule has 1 aromatic carbocycles. The number of ether oxygens (including phenoxy) is 1. The minimum Gasteiger partial charge on any atom is -0.439 e. The highest BCUT2D eigenvalue weighted by Gasteiger charge is 2.49. The van der Waals surface area contributed by atoms with Gasteiger partial charge in [-0.25, -0.2) is 0 Å². The monoisotopic (exact) mass is 430 g/mol. The summed E-state index contributed by atoms with van der Waals surface area (Å²) in [4.78, 5) is 49.3. The third-order valence-corrected chi connectivity index (χ3v) is 5.89. The molecule has 168 valence electrons. The summed E-state index contributed by atoms with van der Waals surface area (Å²) >= 11 is 0. The first-order chi connectivity index (χ1) is 14.8. The molecule has 1 saturated heterocycles. The summed E-state index contributed by atoms with van der Waals surface area (Å²) < 4.78 is 4.97.